The third-order valence-corrected chi connectivity index (χ3v) is 4.01. The number of ether oxygens (including phenoxy) is 1. The molecule has 0 unspecified atom stereocenters. The van der Waals surface area contributed by atoms with Crippen LogP contribution in [0.4, 0.5) is 0 Å². The van der Waals surface area contributed by atoms with Crippen molar-refractivity contribution >= 4 is 23.1 Å². The molecule has 114 valence electrons. The molecule has 1 heterocycles. The molecule has 4 nitrogen and oxygen atoms in total. The number of thiazole rings is 1. The maximum atomic E-state index is 11.8. The number of hydrogen-bond acceptors (Lipinski definition) is 5. The molecule has 0 aliphatic rings. The number of carbonyl (C=O) groups is 2. The topological polar surface area (TPSA) is 56.3 Å². The minimum Gasteiger partial charge on any atom is -0.463 e. The van der Waals surface area contributed by atoms with Crippen molar-refractivity contribution in [3.8, 4) is 10.4 Å². The number of hydrogen-bond donors (Lipinski definition) is 0. The first-order valence-electron chi connectivity index (χ1n) is 6.98. The molecule has 0 atom stereocenters. The van der Waals surface area contributed by atoms with Gasteiger partial charge in [0.05, 0.1) is 17.9 Å². The molecule has 0 bridgehead atoms. The monoisotopic (exact) mass is 315 g/mol. The third-order valence-electron chi connectivity index (χ3n) is 2.98. The molecule has 5 heteroatoms. The predicted molar refractivity (Wildman–Crippen MR) is 86.8 cm³/mol. The van der Waals surface area contributed by atoms with E-state index in [2.05, 4.69) is 4.98 Å². The van der Waals surface area contributed by atoms with Crippen LogP contribution < -0.4 is 0 Å². The number of benzene rings is 1. The Morgan fingerprint density at radius 3 is 2.77 bits per heavy atom. The van der Waals surface area contributed by atoms with Crippen LogP contribution in [-0.2, 0) is 20.7 Å². The van der Waals surface area contributed by atoms with E-state index in [0.29, 0.717) is 6.61 Å². The Bertz CT molecular complexity index is 703. The summed E-state index contributed by atoms with van der Waals surface area (Å²) in [4.78, 5) is 28.3. The molecule has 1 aromatic heterocycles. The van der Waals surface area contributed by atoms with E-state index >= 15 is 0 Å². The molecular formula is C17H17NO3S. The SMILES string of the molecule is CCOC(=O)/C=C/C(=O)Cc1ncc(-c2ccccc2C)s1. The van der Waals surface area contributed by atoms with E-state index < -0.39 is 5.97 Å². The number of aromatic nitrogens is 1. The van der Waals surface area contributed by atoms with Crippen molar-refractivity contribution in [3.05, 3.63) is 53.2 Å². The van der Waals surface area contributed by atoms with Crippen molar-refractivity contribution in [2.45, 2.75) is 20.3 Å². The molecule has 2 rings (SSSR count). The summed E-state index contributed by atoms with van der Waals surface area (Å²) in [5.74, 6) is -0.672. The van der Waals surface area contributed by atoms with Crippen LogP contribution in [0.1, 0.15) is 17.5 Å². The molecule has 22 heavy (non-hydrogen) atoms. The Morgan fingerprint density at radius 1 is 1.27 bits per heavy atom. The second-order valence-electron chi connectivity index (χ2n) is 4.66. The van der Waals surface area contributed by atoms with Gasteiger partial charge in [-0.2, -0.15) is 0 Å². The van der Waals surface area contributed by atoms with Gasteiger partial charge in [-0.25, -0.2) is 9.78 Å². The molecule has 0 aliphatic heterocycles. The van der Waals surface area contributed by atoms with E-state index in [-0.39, 0.29) is 12.2 Å². The number of carbonyl (C=O) groups excluding carboxylic acids is 2. The maximum Gasteiger partial charge on any atom is 0.330 e. The van der Waals surface area contributed by atoms with Gasteiger partial charge < -0.3 is 4.74 Å². The van der Waals surface area contributed by atoms with Gasteiger partial charge in [0, 0.05) is 12.3 Å². The predicted octanol–water partition coefficient (Wildman–Crippen LogP) is 3.35. The maximum absolute atomic E-state index is 11.8. The van der Waals surface area contributed by atoms with Crippen molar-refractivity contribution in [2.75, 3.05) is 6.61 Å². The van der Waals surface area contributed by atoms with E-state index in [9.17, 15) is 9.59 Å². The number of ketones is 1. The Labute approximate surface area is 133 Å². The first-order chi connectivity index (χ1) is 10.6. The van der Waals surface area contributed by atoms with Crippen molar-refractivity contribution in [1.29, 1.82) is 0 Å². The number of allylic oxidation sites excluding steroid dienone is 1. The summed E-state index contributed by atoms with van der Waals surface area (Å²) in [7, 11) is 0. The van der Waals surface area contributed by atoms with Crippen molar-refractivity contribution < 1.29 is 14.3 Å². The zero-order chi connectivity index (χ0) is 15.9. The summed E-state index contributed by atoms with van der Waals surface area (Å²) in [5, 5.41) is 0.733. The molecule has 0 saturated heterocycles. The lowest BCUT2D eigenvalue weighted by Crippen LogP contribution is -2.02. The molecule has 0 saturated carbocycles. The Hall–Kier alpha value is -2.27. The smallest absolute Gasteiger partial charge is 0.330 e. The summed E-state index contributed by atoms with van der Waals surface area (Å²) in [6.45, 7) is 4.06. The highest BCUT2D eigenvalue weighted by Gasteiger charge is 2.09. The fraction of sp³-hybridized carbons (Fsp3) is 0.235. The molecule has 0 spiro atoms. The van der Waals surface area contributed by atoms with E-state index in [1.54, 1.807) is 13.1 Å². The van der Waals surface area contributed by atoms with Gasteiger partial charge in [-0.3, -0.25) is 4.79 Å². The van der Waals surface area contributed by atoms with Gasteiger partial charge in [0.1, 0.15) is 5.01 Å². The quantitative estimate of drug-likeness (QED) is 0.606. The first kappa shape index (κ1) is 16.1. The van der Waals surface area contributed by atoms with Crippen LogP contribution in [0.5, 0.6) is 0 Å². The highest BCUT2D eigenvalue weighted by molar-refractivity contribution is 7.15. The zero-order valence-electron chi connectivity index (χ0n) is 12.5. The highest BCUT2D eigenvalue weighted by atomic mass is 32.1. The van der Waals surface area contributed by atoms with Gasteiger partial charge in [-0.15, -0.1) is 11.3 Å². The van der Waals surface area contributed by atoms with Gasteiger partial charge in [-0.05, 0) is 31.1 Å². The number of rotatable bonds is 6. The van der Waals surface area contributed by atoms with Crippen LogP contribution in [0.25, 0.3) is 10.4 Å². The normalized spacial score (nSPS) is 10.8. The van der Waals surface area contributed by atoms with Crippen molar-refractivity contribution in [3.63, 3.8) is 0 Å². The van der Waals surface area contributed by atoms with Crippen LogP contribution in [-0.4, -0.2) is 23.3 Å². The lowest BCUT2D eigenvalue weighted by atomic mass is 10.1. The van der Waals surface area contributed by atoms with E-state index in [1.807, 2.05) is 31.2 Å². The lowest BCUT2D eigenvalue weighted by Gasteiger charge is -2.00. The standard InChI is InChI=1S/C17H17NO3S/c1-3-21-17(20)9-8-13(19)10-16-18-11-15(22-16)14-7-5-4-6-12(14)2/h4-9,11H,3,10H2,1-2H3/b9-8+. The Morgan fingerprint density at radius 2 is 2.05 bits per heavy atom. The number of aryl methyl sites for hydroxylation is 1. The number of esters is 1. The van der Waals surface area contributed by atoms with Gasteiger partial charge in [0.15, 0.2) is 5.78 Å². The lowest BCUT2D eigenvalue weighted by molar-refractivity contribution is -0.137. The average molecular weight is 315 g/mol. The van der Waals surface area contributed by atoms with E-state index in [1.165, 1.54) is 23.0 Å². The van der Waals surface area contributed by atoms with Crippen LogP contribution in [0.15, 0.2) is 42.6 Å². The van der Waals surface area contributed by atoms with Crippen molar-refractivity contribution in [2.24, 2.45) is 0 Å². The second kappa shape index (κ2) is 7.66. The van der Waals surface area contributed by atoms with Crippen molar-refractivity contribution in [1.82, 2.24) is 4.98 Å². The number of nitrogens with zero attached hydrogens (tertiary/aromatic N) is 1. The summed E-state index contributed by atoms with van der Waals surface area (Å²) in [6, 6.07) is 8.05. The zero-order valence-corrected chi connectivity index (χ0v) is 13.4. The summed E-state index contributed by atoms with van der Waals surface area (Å²) < 4.78 is 4.73. The molecule has 0 fully saturated rings. The van der Waals surface area contributed by atoms with Crippen LogP contribution in [0.3, 0.4) is 0 Å². The van der Waals surface area contributed by atoms with Crippen LogP contribution in [0, 0.1) is 6.92 Å². The van der Waals surface area contributed by atoms with Gasteiger partial charge in [0.25, 0.3) is 0 Å². The summed E-state index contributed by atoms with van der Waals surface area (Å²) in [5.41, 5.74) is 2.30. The van der Waals surface area contributed by atoms with Crippen LogP contribution >= 0.6 is 11.3 Å². The fourth-order valence-electron chi connectivity index (χ4n) is 1.93. The van der Waals surface area contributed by atoms with Gasteiger partial charge in [0.2, 0.25) is 0 Å². The second-order valence-corrected chi connectivity index (χ2v) is 5.78. The minimum absolute atomic E-state index is 0.168. The van der Waals surface area contributed by atoms with Gasteiger partial charge >= 0.3 is 5.97 Å². The highest BCUT2D eigenvalue weighted by Crippen LogP contribution is 2.28. The molecule has 0 aliphatic carbocycles. The summed E-state index contributed by atoms with van der Waals surface area (Å²) in [6.07, 6.45) is 4.37. The molecule has 0 N–H and O–H groups in total. The molecular weight excluding hydrogens is 298 g/mol. The first-order valence-corrected chi connectivity index (χ1v) is 7.80. The summed E-state index contributed by atoms with van der Waals surface area (Å²) >= 11 is 1.49. The fourth-order valence-corrected chi connectivity index (χ4v) is 2.94. The van der Waals surface area contributed by atoms with Gasteiger partial charge in [-0.1, -0.05) is 24.3 Å². The Balaban J connectivity index is 2.02. The molecule has 1 aromatic carbocycles. The molecule has 0 radical (unpaired) electrons. The molecule has 2 aromatic rings. The van der Waals surface area contributed by atoms with E-state index in [0.717, 1.165) is 21.5 Å². The van der Waals surface area contributed by atoms with E-state index in [4.69, 9.17) is 4.74 Å². The minimum atomic E-state index is -0.504. The molecule has 0 amide bonds. The van der Waals surface area contributed by atoms with Crippen LogP contribution in [0.2, 0.25) is 0 Å². The largest absolute Gasteiger partial charge is 0.463 e. The average Bonchev–Trinajstić information content (AvgIpc) is 2.94. The Kier molecular flexibility index (Phi) is 5.61. The third kappa shape index (κ3) is 4.36.